The Morgan fingerprint density at radius 2 is 2.10 bits per heavy atom. The van der Waals surface area contributed by atoms with Gasteiger partial charge in [0.15, 0.2) is 0 Å². The first-order chi connectivity index (χ1) is 14.0. The lowest BCUT2D eigenvalue weighted by Gasteiger charge is -2.15. The maximum Gasteiger partial charge on any atom is 0.255 e. The van der Waals surface area contributed by atoms with Crippen LogP contribution in [0, 0.1) is 0 Å². The molecular formula is C21H25N5O3. The maximum absolute atomic E-state index is 12.7. The van der Waals surface area contributed by atoms with Crippen molar-refractivity contribution < 1.29 is 14.3 Å². The van der Waals surface area contributed by atoms with E-state index in [-0.39, 0.29) is 17.8 Å². The number of nitrogens with two attached hydrogens (primary N) is 1. The summed E-state index contributed by atoms with van der Waals surface area (Å²) in [7, 11) is 3.45. The number of nitrogens with one attached hydrogen (secondary N) is 1. The van der Waals surface area contributed by atoms with Gasteiger partial charge in [-0.25, -0.2) is 4.98 Å². The van der Waals surface area contributed by atoms with Gasteiger partial charge in [-0.05, 0) is 30.7 Å². The van der Waals surface area contributed by atoms with E-state index in [2.05, 4.69) is 15.4 Å². The molecule has 0 aliphatic carbocycles. The predicted molar refractivity (Wildman–Crippen MR) is 110 cm³/mol. The quantitative estimate of drug-likeness (QED) is 0.607. The fourth-order valence-electron chi connectivity index (χ4n) is 2.84. The fourth-order valence-corrected chi connectivity index (χ4v) is 2.84. The standard InChI is InChI=1S/C21H25N5O3/c1-14(12-29-13-15-5-4-6-18(7-15)28-3)25-21(27)19-8-16(9-23-20(19)22)17-10-24-26(2)11-17/h4-11,14H,12-13H2,1-3H3,(H2,22,23)(H,25,27). The highest BCUT2D eigenvalue weighted by molar-refractivity contribution is 5.99. The van der Waals surface area contributed by atoms with Crippen molar-refractivity contribution in [3.63, 3.8) is 0 Å². The van der Waals surface area contributed by atoms with E-state index in [4.69, 9.17) is 15.2 Å². The van der Waals surface area contributed by atoms with Crippen LogP contribution < -0.4 is 15.8 Å². The zero-order chi connectivity index (χ0) is 20.8. The average Bonchev–Trinajstić information content (AvgIpc) is 3.14. The summed E-state index contributed by atoms with van der Waals surface area (Å²) in [5.41, 5.74) is 8.88. The summed E-state index contributed by atoms with van der Waals surface area (Å²) in [6, 6.07) is 9.19. The minimum absolute atomic E-state index is 0.180. The molecule has 0 fully saturated rings. The number of nitrogen functional groups attached to an aromatic ring is 1. The van der Waals surface area contributed by atoms with Gasteiger partial charge in [-0.1, -0.05) is 12.1 Å². The molecule has 3 aromatic rings. The number of hydrogen-bond donors (Lipinski definition) is 2. The number of ether oxygens (including phenoxy) is 2. The molecule has 0 saturated carbocycles. The van der Waals surface area contributed by atoms with Crippen molar-refractivity contribution in [3.8, 4) is 16.9 Å². The maximum atomic E-state index is 12.7. The zero-order valence-electron chi connectivity index (χ0n) is 16.8. The van der Waals surface area contributed by atoms with Gasteiger partial charge in [0, 0.05) is 36.6 Å². The van der Waals surface area contributed by atoms with E-state index in [0.717, 1.165) is 22.4 Å². The number of carbonyl (C=O) groups is 1. The van der Waals surface area contributed by atoms with E-state index in [1.165, 1.54) is 0 Å². The Morgan fingerprint density at radius 1 is 1.28 bits per heavy atom. The van der Waals surface area contributed by atoms with Gasteiger partial charge in [-0.2, -0.15) is 5.10 Å². The highest BCUT2D eigenvalue weighted by Gasteiger charge is 2.15. The Bertz CT molecular complexity index is 986. The highest BCUT2D eigenvalue weighted by atomic mass is 16.5. The van der Waals surface area contributed by atoms with Gasteiger partial charge < -0.3 is 20.5 Å². The van der Waals surface area contributed by atoms with Crippen molar-refractivity contribution in [2.45, 2.75) is 19.6 Å². The van der Waals surface area contributed by atoms with Gasteiger partial charge in [-0.15, -0.1) is 0 Å². The third-order valence-electron chi connectivity index (χ3n) is 4.35. The lowest BCUT2D eigenvalue weighted by Crippen LogP contribution is -2.36. The summed E-state index contributed by atoms with van der Waals surface area (Å²) in [6.07, 6.45) is 5.19. The van der Waals surface area contributed by atoms with Crippen LogP contribution in [0.1, 0.15) is 22.8 Å². The molecule has 3 rings (SSSR count). The lowest BCUT2D eigenvalue weighted by molar-refractivity contribution is 0.0820. The summed E-state index contributed by atoms with van der Waals surface area (Å²) in [6.45, 7) is 2.66. The number of carbonyl (C=O) groups excluding carboxylic acids is 1. The Labute approximate surface area is 169 Å². The number of rotatable bonds is 8. The molecule has 0 saturated heterocycles. The lowest BCUT2D eigenvalue weighted by atomic mass is 10.1. The summed E-state index contributed by atoms with van der Waals surface area (Å²) in [5.74, 6) is 0.668. The van der Waals surface area contributed by atoms with Crippen molar-refractivity contribution in [3.05, 3.63) is 60.0 Å². The third kappa shape index (κ3) is 5.32. The van der Waals surface area contributed by atoms with Gasteiger partial charge in [0.1, 0.15) is 11.6 Å². The minimum Gasteiger partial charge on any atom is -0.497 e. The van der Waals surface area contributed by atoms with Crippen LogP contribution in [0.5, 0.6) is 5.75 Å². The van der Waals surface area contributed by atoms with E-state index >= 15 is 0 Å². The molecule has 0 aliphatic heterocycles. The average molecular weight is 395 g/mol. The minimum atomic E-state index is -0.293. The second-order valence-electron chi connectivity index (χ2n) is 6.80. The van der Waals surface area contributed by atoms with Crippen LogP contribution in [-0.4, -0.2) is 40.4 Å². The number of benzene rings is 1. The Morgan fingerprint density at radius 3 is 2.83 bits per heavy atom. The molecule has 2 heterocycles. The number of aryl methyl sites for hydroxylation is 1. The molecule has 0 aliphatic rings. The predicted octanol–water partition coefficient (Wildman–Crippen LogP) is 2.41. The van der Waals surface area contributed by atoms with Crippen LogP contribution >= 0.6 is 0 Å². The van der Waals surface area contributed by atoms with Crippen LogP contribution in [-0.2, 0) is 18.4 Å². The van der Waals surface area contributed by atoms with Gasteiger partial charge in [0.2, 0.25) is 0 Å². The molecule has 8 heteroatoms. The van der Waals surface area contributed by atoms with Gasteiger partial charge in [0.05, 0.1) is 32.1 Å². The Hall–Kier alpha value is -3.39. The molecule has 2 aromatic heterocycles. The molecule has 0 spiro atoms. The summed E-state index contributed by atoms with van der Waals surface area (Å²) in [5, 5.41) is 7.04. The number of amides is 1. The van der Waals surface area contributed by atoms with E-state index < -0.39 is 0 Å². The molecule has 1 aromatic carbocycles. The Kier molecular flexibility index (Phi) is 6.46. The molecule has 8 nitrogen and oxygen atoms in total. The second kappa shape index (κ2) is 9.20. The first-order valence-corrected chi connectivity index (χ1v) is 9.22. The highest BCUT2D eigenvalue weighted by Crippen LogP contribution is 2.21. The zero-order valence-corrected chi connectivity index (χ0v) is 16.8. The first kappa shape index (κ1) is 20.3. The number of nitrogens with zero attached hydrogens (tertiary/aromatic N) is 3. The van der Waals surface area contributed by atoms with E-state index in [1.807, 2.05) is 44.4 Å². The topological polar surface area (TPSA) is 104 Å². The summed E-state index contributed by atoms with van der Waals surface area (Å²) < 4.78 is 12.6. The molecule has 1 atom stereocenters. The number of aromatic nitrogens is 3. The molecule has 0 bridgehead atoms. The largest absolute Gasteiger partial charge is 0.497 e. The molecule has 29 heavy (non-hydrogen) atoms. The van der Waals surface area contributed by atoms with E-state index in [1.54, 1.807) is 30.3 Å². The third-order valence-corrected chi connectivity index (χ3v) is 4.35. The van der Waals surface area contributed by atoms with E-state index in [0.29, 0.717) is 18.8 Å². The summed E-state index contributed by atoms with van der Waals surface area (Å²) >= 11 is 0. The molecular weight excluding hydrogens is 370 g/mol. The van der Waals surface area contributed by atoms with Crippen LogP contribution in [0.2, 0.25) is 0 Å². The van der Waals surface area contributed by atoms with Crippen molar-refractivity contribution in [1.82, 2.24) is 20.1 Å². The summed E-state index contributed by atoms with van der Waals surface area (Å²) in [4.78, 5) is 16.8. The Balaban J connectivity index is 1.57. The van der Waals surface area contributed by atoms with Crippen molar-refractivity contribution in [2.24, 2.45) is 7.05 Å². The van der Waals surface area contributed by atoms with E-state index in [9.17, 15) is 4.79 Å². The number of hydrogen-bond acceptors (Lipinski definition) is 6. The SMILES string of the molecule is COc1cccc(COCC(C)NC(=O)c2cc(-c3cnn(C)c3)cnc2N)c1. The van der Waals surface area contributed by atoms with Gasteiger partial charge in [-0.3, -0.25) is 9.48 Å². The van der Waals surface area contributed by atoms with Crippen LogP contribution in [0.4, 0.5) is 5.82 Å². The van der Waals surface area contributed by atoms with Crippen molar-refractivity contribution in [2.75, 3.05) is 19.5 Å². The van der Waals surface area contributed by atoms with Crippen molar-refractivity contribution >= 4 is 11.7 Å². The van der Waals surface area contributed by atoms with Gasteiger partial charge in [0.25, 0.3) is 5.91 Å². The van der Waals surface area contributed by atoms with Crippen LogP contribution in [0.15, 0.2) is 48.9 Å². The smallest absolute Gasteiger partial charge is 0.255 e. The first-order valence-electron chi connectivity index (χ1n) is 9.22. The number of methoxy groups -OCH3 is 1. The monoisotopic (exact) mass is 395 g/mol. The fraction of sp³-hybridized carbons (Fsp3) is 0.286. The normalized spacial score (nSPS) is 11.8. The number of pyridine rings is 1. The van der Waals surface area contributed by atoms with Crippen LogP contribution in [0.25, 0.3) is 11.1 Å². The molecule has 3 N–H and O–H groups in total. The number of anilines is 1. The second-order valence-corrected chi connectivity index (χ2v) is 6.80. The van der Waals surface area contributed by atoms with Crippen LogP contribution in [0.3, 0.4) is 0 Å². The molecule has 152 valence electrons. The molecule has 0 radical (unpaired) electrons. The molecule has 1 amide bonds. The van der Waals surface area contributed by atoms with Crippen molar-refractivity contribution in [1.29, 1.82) is 0 Å². The van der Waals surface area contributed by atoms with Gasteiger partial charge >= 0.3 is 0 Å². The molecule has 1 unspecified atom stereocenters.